The lowest BCUT2D eigenvalue weighted by molar-refractivity contribution is -0.152. The number of hydrogen-bond acceptors (Lipinski definition) is 4. The van der Waals surface area contributed by atoms with Gasteiger partial charge in [0, 0.05) is 13.1 Å². The quantitative estimate of drug-likeness (QED) is 0.650. The van der Waals surface area contributed by atoms with E-state index >= 15 is 0 Å². The number of esters is 1. The third-order valence-electron chi connectivity index (χ3n) is 3.64. The van der Waals surface area contributed by atoms with Crippen molar-refractivity contribution in [2.24, 2.45) is 5.84 Å². The molecule has 4 heteroatoms. The van der Waals surface area contributed by atoms with Gasteiger partial charge in [0.25, 0.3) is 0 Å². The van der Waals surface area contributed by atoms with E-state index in [2.05, 4.69) is 0 Å². The van der Waals surface area contributed by atoms with Crippen LogP contribution in [0.15, 0.2) is 30.3 Å². The van der Waals surface area contributed by atoms with Gasteiger partial charge in [0.2, 0.25) is 0 Å². The number of piperidine rings is 1. The molecule has 1 aromatic carbocycles. The number of nitrogens with two attached hydrogens (primary N) is 1. The van der Waals surface area contributed by atoms with E-state index in [1.54, 1.807) is 5.01 Å². The SMILES string of the molecule is CCOC(=O)C1(c2ccccc2)CCN(N)CC1. The highest BCUT2D eigenvalue weighted by Crippen LogP contribution is 2.36. The number of hydrazine groups is 1. The Morgan fingerprint density at radius 3 is 2.50 bits per heavy atom. The molecule has 2 rings (SSSR count). The van der Waals surface area contributed by atoms with E-state index in [9.17, 15) is 4.79 Å². The van der Waals surface area contributed by atoms with Gasteiger partial charge in [-0.25, -0.2) is 5.01 Å². The van der Waals surface area contributed by atoms with Crippen LogP contribution in [0.3, 0.4) is 0 Å². The first-order valence-electron chi connectivity index (χ1n) is 6.41. The van der Waals surface area contributed by atoms with Crippen molar-refractivity contribution in [3.63, 3.8) is 0 Å². The minimum Gasteiger partial charge on any atom is -0.465 e. The molecule has 1 heterocycles. The Bertz CT molecular complexity index is 398. The molecule has 0 saturated carbocycles. The van der Waals surface area contributed by atoms with Crippen molar-refractivity contribution in [3.05, 3.63) is 35.9 Å². The van der Waals surface area contributed by atoms with Crippen molar-refractivity contribution in [2.45, 2.75) is 25.2 Å². The van der Waals surface area contributed by atoms with Crippen molar-refractivity contribution in [2.75, 3.05) is 19.7 Å². The minimum atomic E-state index is -0.521. The van der Waals surface area contributed by atoms with Crippen molar-refractivity contribution in [1.29, 1.82) is 0 Å². The lowest BCUT2D eigenvalue weighted by Gasteiger charge is -2.38. The fraction of sp³-hybridized carbons (Fsp3) is 0.500. The van der Waals surface area contributed by atoms with E-state index in [1.807, 2.05) is 37.3 Å². The number of nitrogens with zero attached hydrogens (tertiary/aromatic N) is 1. The summed E-state index contributed by atoms with van der Waals surface area (Å²) in [6.07, 6.45) is 1.43. The van der Waals surface area contributed by atoms with E-state index in [0.717, 1.165) is 5.56 Å². The highest BCUT2D eigenvalue weighted by molar-refractivity contribution is 5.83. The molecule has 1 fully saturated rings. The molecule has 98 valence electrons. The molecule has 4 nitrogen and oxygen atoms in total. The van der Waals surface area contributed by atoms with Crippen LogP contribution in [0.1, 0.15) is 25.3 Å². The highest BCUT2D eigenvalue weighted by atomic mass is 16.5. The summed E-state index contributed by atoms with van der Waals surface area (Å²) in [6, 6.07) is 9.89. The van der Waals surface area contributed by atoms with E-state index in [1.165, 1.54) is 0 Å². The molecule has 0 amide bonds. The lowest BCUT2D eigenvalue weighted by atomic mass is 9.73. The topological polar surface area (TPSA) is 55.6 Å². The Labute approximate surface area is 108 Å². The zero-order valence-corrected chi connectivity index (χ0v) is 10.8. The van der Waals surface area contributed by atoms with Crippen molar-refractivity contribution in [3.8, 4) is 0 Å². The average Bonchev–Trinajstić information content (AvgIpc) is 2.41. The summed E-state index contributed by atoms with van der Waals surface area (Å²) in [6.45, 7) is 3.69. The summed E-state index contributed by atoms with van der Waals surface area (Å²) in [5.41, 5.74) is 0.518. The number of carbonyl (C=O) groups is 1. The molecule has 1 aliphatic heterocycles. The Balaban J connectivity index is 2.31. The molecule has 0 aliphatic carbocycles. The van der Waals surface area contributed by atoms with Gasteiger partial charge >= 0.3 is 5.97 Å². The molecule has 1 saturated heterocycles. The standard InChI is InChI=1S/C14H20N2O2/c1-2-18-13(17)14(8-10-16(15)11-9-14)12-6-4-3-5-7-12/h3-7H,2,8-11,15H2,1H3. The van der Waals surface area contributed by atoms with E-state index in [-0.39, 0.29) is 5.97 Å². The maximum absolute atomic E-state index is 12.3. The van der Waals surface area contributed by atoms with Gasteiger partial charge in [-0.05, 0) is 25.3 Å². The summed E-state index contributed by atoms with van der Waals surface area (Å²) in [5.74, 6) is 5.67. The van der Waals surface area contributed by atoms with Crippen molar-refractivity contribution < 1.29 is 9.53 Å². The van der Waals surface area contributed by atoms with Gasteiger partial charge in [-0.3, -0.25) is 10.6 Å². The number of benzene rings is 1. The Morgan fingerprint density at radius 2 is 1.94 bits per heavy atom. The maximum atomic E-state index is 12.3. The second-order valence-electron chi connectivity index (χ2n) is 4.70. The molecule has 0 aromatic heterocycles. The van der Waals surface area contributed by atoms with Crippen molar-refractivity contribution in [1.82, 2.24) is 5.01 Å². The van der Waals surface area contributed by atoms with Crippen molar-refractivity contribution >= 4 is 5.97 Å². The zero-order chi connectivity index (χ0) is 13.0. The molecule has 0 radical (unpaired) electrons. The highest BCUT2D eigenvalue weighted by Gasteiger charge is 2.43. The molecule has 0 atom stereocenters. The summed E-state index contributed by atoms with van der Waals surface area (Å²) >= 11 is 0. The smallest absolute Gasteiger partial charge is 0.316 e. The molecular weight excluding hydrogens is 228 g/mol. The summed E-state index contributed by atoms with van der Waals surface area (Å²) in [4.78, 5) is 12.3. The van der Waals surface area contributed by atoms with Gasteiger partial charge in [-0.1, -0.05) is 30.3 Å². The number of hydrogen-bond donors (Lipinski definition) is 1. The molecule has 1 aliphatic rings. The van der Waals surface area contributed by atoms with Gasteiger partial charge in [0.15, 0.2) is 0 Å². The second kappa shape index (κ2) is 5.50. The van der Waals surface area contributed by atoms with Crippen LogP contribution in [0.4, 0.5) is 0 Å². The molecule has 0 unspecified atom stereocenters. The molecule has 2 N–H and O–H groups in total. The predicted molar refractivity (Wildman–Crippen MR) is 69.7 cm³/mol. The molecule has 1 aromatic rings. The largest absolute Gasteiger partial charge is 0.465 e. The third-order valence-corrected chi connectivity index (χ3v) is 3.64. The fourth-order valence-electron chi connectivity index (χ4n) is 2.54. The number of rotatable bonds is 3. The molecular formula is C14H20N2O2. The third kappa shape index (κ3) is 2.40. The Kier molecular flexibility index (Phi) is 3.99. The van der Waals surface area contributed by atoms with Crippen LogP contribution in [0.5, 0.6) is 0 Å². The minimum absolute atomic E-state index is 0.121. The predicted octanol–water partition coefficient (Wildman–Crippen LogP) is 1.46. The zero-order valence-electron chi connectivity index (χ0n) is 10.8. The monoisotopic (exact) mass is 248 g/mol. The van der Waals surface area contributed by atoms with Crippen LogP contribution in [0, 0.1) is 0 Å². The fourth-order valence-corrected chi connectivity index (χ4v) is 2.54. The Morgan fingerprint density at radius 1 is 1.33 bits per heavy atom. The molecule has 0 bridgehead atoms. The summed E-state index contributed by atoms with van der Waals surface area (Å²) in [7, 11) is 0. The summed E-state index contributed by atoms with van der Waals surface area (Å²) < 4.78 is 5.28. The first kappa shape index (κ1) is 13.1. The van der Waals surface area contributed by atoms with Crippen LogP contribution in [0.2, 0.25) is 0 Å². The lowest BCUT2D eigenvalue weighted by Crippen LogP contribution is -2.50. The second-order valence-corrected chi connectivity index (χ2v) is 4.70. The van der Waals surface area contributed by atoms with Crippen LogP contribution in [0.25, 0.3) is 0 Å². The number of carbonyl (C=O) groups excluding carboxylic acids is 1. The maximum Gasteiger partial charge on any atom is 0.316 e. The van der Waals surface area contributed by atoms with E-state index in [0.29, 0.717) is 32.5 Å². The first-order chi connectivity index (χ1) is 8.69. The van der Waals surface area contributed by atoms with Gasteiger partial charge in [-0.15, -0.1) is 0 Å². The molecule has 0 spiro atoms. The first-order valence-corrected chi connectivity index (χ1v) is 6.41. The normalized spacial score (nSPS) is 19.4. The van der Waals surface area contributed by atoms with E-state index < -0.39 is 5.41 Å². The van der Waals surface area contributed by atoms with Gasteiger partial charge in [0.05, 0.1) is 12.0 Å². The molecule has 18 heavy (non-hydrogen) atoms. The Hall–Kier alpha value is -1.39. The van der Waals surface area contributed by atoms with Gasteiger partial charge < -0.3 is 4.74 Å². The van der Waals surface area contributed by atoms with E-state index in [4.69, 9.17) is 10.6 Å². The van der Waals surface area contributed by atoms with Crippen LogP contribution in [-0.4, -0.2) is 30.7 Å². The number of ether oxygens (including phenoxy) is 1. The average molecular weight is 248 g/mol. The van der Waals surface area contributed by atoms with Crippen LogP contribution < -0.4 is 5.84 Å². The summed E-state index contributed by atoms with van der Waals surface area (Å²) in [5, 5.41) is 1.76. The van der Waals surface area contributed by atoms with Crippen LogP contribution >= 0.6 is 0 Å². The van der Waals surface area contributed by atoms with Gasteiger partial charge in [0.1, 0.15) is 0 Å². The van der Waals surface area contributed by atoms with Gasteiger partial charge in [-0.2, -0.15) is 0 Å². The van der Waals surface area contributed by atoms with Crippen LogP contribution in [-0.2, 0) is 14.9 Å².